The molecule has 0 atom stereocenters. The van der Waals surface area contributed by atoms with E-state index in [2.05, 4.69) is 25.6 Å². The Bertz CT molecular complexity index is 547. The van der Waals surface area contributed by atoms with Gasteiger partial charge in [-0.05, 0) is 6.07 Å². The van der Waals surface area contributed by atoms with E-state index in [-0.39, 0.29) is 18.1 Å². The summed E-state index contributed by atoms with van der Waals surface area (Å²) in [6.45, 7) is -1.18. The molecule has 7 nitrogen and oxygen atoms in total. The maximum absolute atomic E-state index is 12.1. The summed E-state index contributed by atoms with van der Waals surface area (Å²) < 4.78 is 37.1. The monoisotopic (exact) mass is 274 g/mol. The SMILES string of the molecule is O=C(Cc1ccn(CC(F)(F)F)n1)Nc1ncn[nH]1. The summed E-state index contributed by atoms with van der Waals surface area (Å²) in [6.07, 6.45) is -2.10. The van der Waals surface area contributed by atoms with E-state index in [1.807, 2.05) is 0 Å². The largest absolute Gasteiger partial charge is 0.408 e. The smallest absolute Gasteiger partial charge is 0.295 e. The maximum Gasteiger partial charge on any atom is 0.408 e. The maximum atomic E-state index is 12.1. The van der Waals surface area contributed by atoms with Crippen molar-refractivity contribution in [1.82, 2.24) is 25.0 Å². The third kappa shape index (κ3) is 4.08. The normalized spacial score (nSPS) is 11.5. The van der Waals surface area contributed by atoms with Crippen LogP contribution in [0.15, 0.2) is 18.6 Å². The Balaban J connectivity index is 1.91. The van der Waals surface area contributed by atoms with Gasteiger partial charge < -0.3 is 0 Å². The summed E-state index contributed by atoms with van der Waals surface area (Å²) in [5, 5.41) is 12.0. The van der Waals surface area contributed by atoms with E-state index in [0.29, 0.717) is 0 Å². The van der Waals surface area contributed by atoms with Crippen molar-refractivity contribution in [2.24, 2.45) is 0 Å². The second-order valence-corrected chi connectivity index (χ2v) is 3.68. The molecule has 0 fully saturated rings. The highest BCUT2D eigenvalue weighted by Crippen LogP contribution is 2.16. The fourth-order valence-corrected chi connectivity index (χ4v) is 1.38. The zero-order valence-electron chi connectivity index (χ0n) is 9.48. The lowest BCUT2D eigenvalue weighted by Crippen LogP contribution is -2.19. The highest BCUT2D eigenvalue weighted by Gasteiger charge is 2.28. The molecule has 2 aromatic heterocycles. The molecule has 102 valence electrons. The number of aromatic nitrogens is 5. The molecule has 0 radical (unpaired) electrons. The topological polar surface area (TPSA) is 88.5 Å². The number of alkyl halides is 3. The van der Waals surface area contributed by atoms with Crippen LogP contribution < -0.4 is 5.32 Å². The lowest BCUT2D eigenvalue weighted by Gasteiger charge is -2.05. The number of hydrogen-bond donors (Lipinski definition) is 2. The van der Waals surface area contributed by atoms with E-state index < -0.39 is 18.6 Å². The van der Waals surface area contributed by atoms with E-state index in [1.54, 1.807) is 0 Å². The van der Waals surface area contributed by atoms with Gasteiger partial charge in [0.05, 0.1) is 12.1 Å². The minimum absolute atomic E-state index is 0.147. The van der Waals surface area contributed by atoms with Crippen molar-refractivity contribution in [2.75, 3.05) is 5.32 Å². The van der Waals surface area contributed by atoms with Crippen LogP contribution in [0.1, 0.15) is 5.69 Å². The van der Waals surface area contributed by atoms with Gasteiger partial charge >= 0.3 is 6.18 Å². The molecule has 0 unspecified atom stereocenters. The number of carbonyl (C=O) groups excluding carboxylic acids is 1. The van der Waals surface area contributed by atoms with Gasteiger partial charge in [0.15, 0.2) is 0 Å². The Morgan fingerprint density at radius 2 is 2.26 bits per heavy atom. The number of halogens is 3. The number of carbonyl (C=O) groups is 1. The highest BCUT2D eigenvalue weighted by atomic mass is 19.4. The average Bonchev–Trinajstić information content (AvgIpc) is 2.88. The van der Waals surface area contributed by atoms with E-state index >= 15 is 0 Å². The number of rotatable bonds is 4. The van der Waals surface area contributed by atoms with Crippen LogP contribution in [0.3, 0.4) is 0 Å². The first-order valence-corrected chi connectivity index (χ1v) is 5.17. The molecule has 2 heterocycles. The molecule has 0 aromatic carbocycles. The third-order valence-electron chi connectivity index (χ3n) is 2.05. The van der Waals surface area contributed by atoms with Crippen LogP contribution in [0.5, 0.6) is 0 Å². The van der Waals surface area contributed by atoms with Gasteiger partial charge in [0.2, 0.25) is 11.9 Å². The van der Waals surface area contributed by atoms with Crippen molar-refractivity contribution >= 4 is 11.9 Å². The van der Waals surface area contributed by atoms with Gasteiger partial charge in [-0.15, -0.1) is 0 Å². The van der Waals surface area contributed by atoms with Crippen molar-refractivity contribution in [3.8, 4) is 0 Å². The minimum Gasteiger partial charge on any atom is -0.295 e. The standard InChI is InChI=1S/C9H9F3N6O/c10-9(11,12)4-18-2-1-6(17-18)3-7(19)15-8-13-5-14-16-8/h1-2,5H,3-4H2,(H2,13,14,15,16,19). The number of amides is 1. The summed E-state index contributed by atoms with van der Waals surface area (Å²) in [5.41, 5.74) is 0.237. The fraction of sp³-hybridized carbons (Fsp3) is 0.333. The minimum atomic E-state index is -4.34. The van der Waals surface area contributed by atoms with Crippen LogP contribution >= 0.6 is 0 Å². The van der Waals surface area contributed by atoms with Crippen molar-refractivity contribution in [3.05, 3.63) is 24.3 Å². The fourth-order valence-electron chi connectivity index (χ4n) is 1.38. The van der Waals surface area contributed by atoms with Gasteiger partial charge in [-0.1, -0.05) is 0 Å². The number of hydrogen-bond acceptors (Lipinski definition) is 4. The van der Waals surface area contributed by atoms with E-state index in [1.165, 1.54) is 18.6 Å². The number of anilines is 1. The molecule has 1 amide bonds. The second kappa shape index (κ2) is 5.08. The lowest BCUT2D eigenvalue weighted by molar-refractivity contribution is -0.142. The van der Waals surface area contributed by atoms with Crippen LogP contribution in [0, 0.1) is 0 Å². The molecule has 2 rings (SSSR count). The van der Waals surface area contributed by atoms with Gasteiger partial charge in [-0.25, -0.2) is 5.10 Å². The molecule has 0 saturated carbocycles. The van der Waals surface area contributed by atoms with Crippen LogP contribution in [0.2, 0.25) is 0 Å². The molecule has 0 bridgehead atoms. The summed E-state index contributed by atoms with van der Waals surface area (Å²) >= 11 is 0. The molecule has 0 aliphatic heterocycles. The molecule has 2 N–H and O–H groups in total. The Hall–Kier alpha value is -2.39. The number of aromatic amines is 1. The molecule has 0 spiro atoms. The van der Waals surface area contributed by atoms with Crippen molar-refractivity contribution in [1.29, 1.82) is 0 Å². The van der Waals surface area contributed by atoms with Gasteiger partial charge in [-0.3, -0.25) is 14.8 Å². The van der Waals surface area contributed by atoms with Crippen LogP contribution in [0.4, 0.5) is 19.1 Å². The van der Waals surface area contributed by atoms with Crippen molar-refractivity contribution in [2.45, 2.75) is 19.1 Å². The predicted molar refractivity (Wildman–Crippen MR) is 57.0 cm³/mol. The highest BCUT2D eigenvalue weighted by molar-refractivity contribution is 5.90. The zero-order valence-corrected chi connectivity index (χ0v) is 9.48. The Morgan fingerprint density at radius 1 is 1.47 bits per heavy atom. The zero-order chi connectivity index (χ0) is 13.9. The molecule has 0 saturated heterocycles. The van der Waals surface area contributed by atoms with Gasteiger partial charge in [0, 0.05) is 6.20 Å². The predicted octanol–water partition coefficient (Wildman–Crippen LogP) is 0.745. The number of nitrogens with zero attached hydrogens (tertiary/aromatic N) is 4. The molecule has 10 heteroatoms. The van der Waals surface area contributed by atoms with Crippen LogP contribution in [0.25, 0.3) is 0 Å². The van der Waals surface area contributed by atoms with E-state index in [9.17, 15) is 18.0 Å². The molecular weight excluding hydrogens is 265 g/mol. The first kappa shape index (κ1) is 13.1. The Labute approximate surface area is 104 Å². The van der Waals surface area contributed by atoms with E-state index in [0.717, 1.165) is 4.68 Å². The van der Waals surface area contributed by atoms with Gasteiger partial charge in [-0.2, -0.15) is 28.4 Å². The van der Waals surface area contributed by atoms with Gasteiger partial charge in [0.1, 0.15) is 12.9 Å². The number of nitrogens with one attached hydrogen (secondary N) is 2. The van der Waals surface area contributed by atoms with Gasteiger partial charge in [0.25, 0.3) is 0 Å². The van der Waals surface area contributed by atoms with Crippen molar-refractivity contribution in [3.63, 3.8) is 0 Å². The third-order valence-corrected chi connectivity index (χ3v) is 2.05. The number of H-pyrrole nitrogens is 1. The van der Waals surface area contributed by atoms with Crippen LogP contribution in [-0.2, 0) is 17.8 Å². The first-order chi connectivity index (χ1) is 8.92. The molecule has 2 aromatic rings. The average molecular weight is 274 g/mol. The lowest BCUT2D eigenvalue weighted by atomic mass is 10.3. The van der Waals surface area contributed by atoms with Crippen LogP contribution in [-0.4, -0.2) is 37.0 Å². The Morgan fingerprint density at radius 3 is 2.89 bits per heavy atom. The first-order valence-electron chi connectivity index (χ1n) is 5.17. The molecular formula is C9H9F3N6O. The molecule has 19 heavy (non-hydrogen) atoms. The molecule has 0 aliphatic rings. The van der Waals surface area contributed by atoms with Crippen molar-refractivity contribution < 1.29 is 18.0 Å². The summed E-state index contributed by atoms with van der Waals surface area (Å²) in [4.78, 5) is 15.2. The Kier molecular flexibility index (Phi) is 3.49. The van der Waals surface area contributed by atoms with E-state index in [4.69, 9.17) is 0 Å². The quantitative estimate of drug-likeness (QED) is 0.860. The second-order valence-electron chi connectivity index (χ2n) is 3.68. The summed E-state index contributed by atoms with van der Waals surface area (Å²) in [7, 11) is 0. The molecule has 0 aliphatic carbocycles. The summed E-state index contributed by atoms with van der Waals surface area (Å²) in [6, 6.07) is 1.35. The summed E-state index contributed by atoms with van der Waals surface area (Å²) in [5.74, 6) is -0.284.